The van der Waals surface area contributed by atoms with Crippen LogP contribution in [0, 0.1) is 22.9 Å². The summed E-state index contributed by atoms with van der Waals surface area (Å²) in [5, 5.41) is 9.51. The molecule has 3 aliphatic rings. The number of fused-ring (bicyclic) bond motifs is 2. The molecule has 1 N–H and O–H groups in total. The SMILES string of the molecule is C[C@H]1CCN1c1nc(N2C[C@@H]3C(CC(=O)O)[C@@H]3C2)c2cc(F)sc2n1. The van der Waals surface area contributed by atoms with Gasteiger partial charge in [-0.05, 0) is 37.2 Å². The van der Waals surface area contributed by atoms with Crippen LogP contribution in [-0.2, 0) is 4.79 Å². The average Bonchev–Trinajstić information content (AvgIpc) is 2.90. The van der Waals surface area contributed by atoms with Crippen molar-refractivity contribution in [2.24, 2.45) is 17.8 Å². The molecule has 0 aromatic carbocycles. The molecule has 25 heavy (non-hydrogen) atoms. The average molecular weight is 362 g/mol. The van der Waals surface area contributed by atoms with Gasteiger partial charge in [0.2, 0.25) is 5.95 Å². The standard InChI is InChI=1S/C17H19FN4O2S/c1-8-2-3-22(8)17-19-15(10-4-13(18)25-16(10)20-17)21-6-11-9(5-14(23)24)12(11)7-21/h4,8-9,11-12H,2-3,5-7H2,1H3,(H,23,24)/t8-,9?,11-,12+/m0/s1. The van der Waals surface area contributed by atoms with Crippen molar-refractivity contribution in [1.29, 1.82) is 0 Å². The third kappa shape index (κ3) is 2.38. The summed E-state index contributed by atoms with van der Waals surface area (Å²) in [6.45, 7) is 4.70. The minimum Gasteiger partial charge on any atom is -0.481 e. The van der Waals surface area contributed by atoms with Crippen LogP contribution >= 0.6 is 11.3 Å². The van der Waals surface area contributed by atoms with Gasteiger partial charge in [-0.15, -0.1) is 0 Å². The number of carboxylic acids is 1. The first-order valence-electron chi connectivity index (χ1n) is 8.71. The van der Waals surface area contributed by atoms with Crippen molar-refractivity contribution in [3.8, 4) is 0 Å². The van der Waals surface area contributed by atoms with E-state index >= 15 is 0 Å². The maximum Gasteiger partial charge on any atom is 0.303 e. The molecule has 2 aromatic heterocycles. The lowest BCUT2D eigenvalue weighted by molar-refractivity contribution is -0.137. The van der Waals surface area contributed by atoms with Gasteiger partial charge in [-0.2, -0.15) is 9.37 Å². The van der Waals surface area contributed by atoms with Crippen LogP contribution in [0.5, 0.6) is 0 Å². The molecule has 0 bridgehead atoms. The Bertz CT molecular complexity index is 860. The Kier molecular flexibility index (Phi) is 3.22. The zero-order valence-corrected chi connectivity index (χ0v) is 14.7. The van der Waals surface area contributed by atoms with Gasteiger partial charge in [0, 0.05) is 32.1 Å². The summed E-state index contributed by atoms with van der Waals surface area (Å²) in [5.41, 5.74) is 0. The van der Waals surface area contributed by atoms with E-state index in [1.165, 1.54) is 6.07 Å². The lowest BCUT2D eigenvalue weighted by atomic mass is 10.1. The summed E-state index contributed by atoms with van der Waals surface area (Å²) in [6, 6.07) is 1.94. The first-order valence-corrected chi connectivity index (χ1v) is 9.53. The van der Waals surface area contributed by atoms with Gasteiger partial charge in [0.25, 0.3) is 0 Å². The van der Waals surface area contributed by atoms with Gasteiger partial charge in [-0.3, -0.25) is 4.79 Å². The van der Waals surface area contributed by atoms with Crippen molar-refractivity contribution in [3.05, 3.63) is 11.2 Å². The maximum atomic E-state index is 13.8. The molecule has 2 aromatic rings. The molecular weight excluding hydrogens is 343 g/mol. The summed E-state index contributed by atoms with van der Waals surface area (Å²) >= 11 is 1.06. The van der Waals surface area contributed by atoms with Gasteiger partial charge >= 0.3 is 5.97 Å². The van der Waals surface area contributed by atoms with Crippen molar-refractivity contribution in [2.75, 3.05) is 29.4 Å². The molecule has 1 saturated carbocycles. The van der Waals surface area contributed by atoms with E-state index in [-0.39, 0.29) is 11.6 Å². The second-order valence-electron chi connectivity index (χ2n) is 7.44. The van der Waals surface area contributed by atoms with Crippen LogP contribution in [0.3, 0.4) is 0 Å². The molecular formula is C17H19FN4O2S. The molecule has 0 amide bonds. The van der Waals surface area contributed by atoms with Crippen LogP contribution in [0.2, 0.25) is 0 Å². The number of piperidine rings is 1. The Morgan fingerprint density at radius 1 is 1.40 bits per heavy atom. The molecule has 3 fully saturated rings. The van der Waals surface area contributed by atoms with E-state index in [1.54, 1.807) is 0 Å². The molecule has 2 aliphatic heterocycles. The van der Waals surface area contributed by atoms with E-state index in [1.807, 2.05) is 0 Å². The summed E-state index contributed by atoms with van der Waals surface area (Å²) in [4.78, 5) is 25.3. The molecule has 132 valence electrons. The van der Waals surface area contributed by atoms with Gasteiger partial charge < -0.3 is 14.9 Å². The minimum atomic E-state index is -0.718. The van der Waals surface area contributed by atoms with Crippen molar-refractivity contribution >= 4 is 39.3 Å². The van der Waals surface area contributed by atoms with Crippen LogP contribution in [0.1, 0.15) is 19.8 Å². The Labute approximate surface area is 148 Å². The Morgan fingerprint density at radius 3 is 2.76 bits per heavy atom. The lowest BCUT2D eigenvalue weighted by Gasteiger charge is -2.39. The second-order valence-corrected chi connectivity index (χ2v) is 8.42. The third-order valence-corrected chi connectivity index (χ3v) is 6.81. The molecule has 4 atom stereocenters. The summed E-state index contributed by atoms with van der Waals surface area (Å²) in [7, 11) is 0. The van der Waals surface area contributed by atoms with Crippen LogP contribution in [0.25, 0.3) is 10.2 Å². The highest BCUT2D eigenvalue weighted by Crippen LogP contribution is 2.54. The number of aliphatic carboxylic acids is 1. The highest BCUT2D eigenvalue weighted by Gasteiger charge is 2.56. The zero-order valence-electron chi connectivity index (χ0n) is 13.9. The fourth-order valence-electron chi connectivity index (χ4n) is 4.38. The highest BCUT2D eigenvalue weighted by atomic mass is 32.1. The molecule has 1 unspecified atom stereocenters. The summed E-state index contributed by atoms with van der Waals surface area (Å²) in [6.07, 6.45) is 1.38. The number of hydrogen-bond acceptors (Lipinski definition) is 6. The zero-order chi connectivity index (χ0) is 17.3. The lowest BCUT2D eigenvalue weighted by Crippen LogP contribution is -2.46. The Hall–Kier alpha value is -1.96. The monoisotopic (exact) mass is 362 g/mol. The Balaban J connectivity index is 1.46. The molecule has 6 nitrogen and oxygen atoms in total. The molecule has 0 radical (unpaired) electrons. The van der Waals surface area contributed by atoms with E-state index in [2.05, 4.69) is 21.7 Å². The summed E-state index contributed by atoms with van der Waals surface area (Å²) < 4.78 is 13.8. The predicted octanol–water partition coefficient (Wildman–Crippen LogP) is 2.59. The van der Waals surface area contributed by atoms with Crippen LogP contribution < -0.4 is 9.80 Å². The normalized spacial score (nSPS) is 30.5. The summed E-state index contributed by atoms with van der Waals surface area (Å²) in [5.74, 6) is 1.92. The fraction of sp³-hybridized carbons (Fsp3) is 0.588. The smallest absolute Gasteiger partial charge is 0.303 e. The number of hydrogen-bond donors (Lipinski definition) is 1. The van der Waals surface area contributed by atoms with Gasteiger partial charge in [0.15, 0.2) is 5.13 Å². The molecule has 4 heterocycles. The van der Waals surface area contributed by atoms with Crippen LogP contribution in [0.15, 0.2) is 6.07 Å². The van der Waals surface area contributed by atoms with Gasteiger partial charge in [-0.25, -0.2) is 4.98 Å². The third-order valence-electron chi connectivity index (χ3n) is 5.99. The molecule has 1 aliphatic carbocycles. The molecule has 0 spiro atoms. The van der Waals surface area contributed by atoms with E-state index in [0.29, 0.717) is 34.6 Å². The Morgan fingerprint density at radius 2 is 2.16 bits per heavy atom. The van der Waals surface area contributed by atoms with Crippen molar-refractivity contribution in [2.45, 2.75) is 25.8 Å². The van der Waals surface area contributed by atoms with Gasteiger partial charge in [-0.1, -0.05) is 11.3 Å². The van der Waals surface area contributed by atoms with Gasteiger partial charge in [0.05, 0.1) is 5.39 Å². The highest BCUT2D eigenvalue weighted by molar-refractivity contribution is 7.17. The predicted molar refractivity (Wildman–Crippen MR) is 93.7 cm³/mol. The van der Waals surface area contributed by atoms with E-state index < -0.39 is 5.97 Å². The van der Waals surface area contributed by atoms with Crippen molar-refractivity contribution in [3.63, 3.8) is 0 Å². The first kappa shape index (κ1) is 15.3. The number of aromatic nitrogens is 2. The van der Waals surface area contributed by atoms with E-state index in [4.69, 9.17) is 10.1 Å². The topological polar surface area (TPSA) is 69.6 Å². The quantitative estimate of drug-likeness (QED) is 0.902. The molecule has 2 saturated heterocycles. The number of nitrogens with zero attached hydrogens (tertiary/aromatic N) is 4. The number of carbonyl (C=O) groups is 1. The van der Waals surface area contributed by atoms with E-state index in [9.17, 15) is 9.18 Å². The maximum absolute atomic E-state index is 13.8. The van der Waals surface area contributed by atoms with Crippen molar-refractivity contribution < 1.29 is 14.3 Å². The first-order chi connectivity index (χ1) is 12.0. The number of anilines is 2. The number of thiophene rings is 1. The van der Waals surface area contributed by atoms with Crippen molar-refractivity contribution in [1.82, 2.24) is 9.97 Å². The fourth-order valence-corrected chi connectivity index (χ4v) is 5.12. The minimum absolute atomic E-state index is 0.243. The number of rotatable bonds is 4. The van der Waals surface area contributed by atoms with Gasteiger partial charge in [0.1, 0.15) is 10.6 Å². The van der Waals surface area contributed by atoms with E-state index in [0.717, 1.165) is 48.6 Å². The molecule has 5 rings (SSSR count). The second kappa shape index (κ2) is 5.27. The number of carboxylic acid groups (broad SMARTS) is 1. The molecule has 8 heteroatoms. The largest absolute Gasteiger partial charge is 0.481 e. The number of halogens is 1. The van der Waals surface area contributed by atoms with Crippen LogP contribution in [0.4, 0.5) is 16.2 Å². The van der Waals surface area contributed by atoms with Crippen LogP contribution in [-0.4, -0.2) is 46.7 Å².